The van der Waals surface area contributed by atoms with E-state index < -0.39 is 0 Å². The van der Waals surface area contributed by atoms with Crippen molar-refractivity contribution in [3.05, 3.63) is 71.4 Å². The normalized spacial score (nSPS) is 18.8. The molecule has 2 heteroatoms. The van der Waals surface area contributed by atoms with Crippen molar-refractivity contribution in [1.29, 1.82) is 0 Å². The molecule has 1 aliphatic heterocycles. The minimum absolute atomic E-state index is 0.0886. The molecule has 21 heavy (non-hydrogen) atoms. The second-order valence-electron chi connectivity index (χ2n) is 5.74. The van der Waals surface area contributed by atoms with Gasteiger partial charge in [0, 0.05) is 5.56 Å². The largest absolute Gasteiger partial charge is 0.381 e. The van der Waals surface area contributed by atoms with Crippen LogP contribution in [0.3, 0.4) is 0 Å². The van der Waals surface area contributed by atoms with E-state index in [1.54, 1.807) is 0 Å². The molecule has 0 bridgehead atoms. The lowest BCUT2D eigenvalue weighted by atomic mass is 9.91. The van der Waals surface area contributed by atoms with Gasteiger partial charge in [-0.05, 0) is 47.7 Å². The highest BCUT2D eigenvalue weighted by atomic mass is 16.1. The van der Waals surface area contributed by atoms with Crippen molar-refractivity contribution >= 4 is 5.78 Å². The van der Waals surface area contributed by atoms with Crippen LogP contribution in [0.4, 0.5) is 0 Å². The number of carbonyl (C=O) groups excluding carboxylic acids is 1. The molecule has 1 aliphatic carbocycles. The van der Waals surface area contributed by atoms with E-state index in [4.69, 9.17) is 0 Å². The lowest BCUT2D eigenvalue weighted by Gasteiger charge is -2.20. The molecule has 0 radical (unpaired) electrons. The van der Waals surface area contributed by atoms with Crippen molar-refractivity contribution in [3.8, 4) is 11.1 Å². The number of rotatable bonds is 2. The van der Waals surface area contributed by atoms with Crippen LogP contribution in [0.1, 0.15) is 34.3 Å². The SMILES string of the molecule is O=C(c1cccc2c1-c1ccccc1C2)C1CCC=CN1. The maximum absolute atomic E-state index is 12.9. The number of allylic oxidation sites excluding steroid dienone is 1. The van der Waals surface area contributed by atoms with Crippen molar-refractivity contribution in [3.63, 3.8) is 0 Å². The number of fused-ring (bicyclic) bond motifs is 3. The molecular weight excluding hydrogens is 258 g/mol. The summed E-state index contributed by atoms with van der Waals surface area (Å²) >= 11 is 0. The zero-order valence-electron chi connectivity index (χ0n) is 11.8. The first-order valence-corrected chi connectivity index (χ1v) is 7.50. The van der Waals surface area contributed by atoms with Gasteiger partial charge < -0.3 is 5.32 Å². The van der Waals surface area contributed by atoms with Crippen LogP contribution < -0.4 is 5.32 Å². The second kappa shape index (κ2) is 4.88. The van der Waals surface area contributed by atoms with Gasteiger partial charge in [-0.15, -0.1) is 0 Å². The number of hydrogen-bond acceptors (Lipinski definition) is 2. The summed E-state index contributed by atoms with van der Waals surface area (Å²) in [4.78, 5) is 12.9. The molecule has 104 valence electrons. The summed E-state index contributed by atoms with van der Waals surface area (Å²) in [5.74, 6) is 0.216. The Kier molecular flexibility index (Phi) is 2.88. The Bertz CT molecular complexity index is 745. The number of nitrogens with one attached hydrogen (secondary N) is 1. The molecule has 2 nitrogen and oxygen atoms in total. The van der Waals surface area contributed by atoms with Crippen molar-refractivity contribution in [2.24, 2.45) is 0 Å². The predicted octanol–water partition coefficient (Wildman–Crippen LogP) is 3.71. The van der Waals surface area contributed by atoms with Gasteiger partial charge in [0.25, 0.3) is 0 Å². The first-order chi connectivity index (χ1) is 10.3. The molecule has 2 aromatic rings. The molecule has 0 aromatic heterocycles. The first-order valence-electron chi connectivity index (χ1n) is 7.50. The predicted molar refractivity (Wildman–Crippen MR) is 84.3 cm³/mol. The van der Waals surface area contributed by atoms with Crippen LogP contribution in [0.15, 0.2) is 54.7 Å². The molecule has 0 spiro atoms. The molecule has 0 amide bonds. The van der Waals surface area contributed by atoms with Gasteiger partial charge >= 0.3 is 0 Å². The van der Waals surface area contributed by atoms with Gasteiger partial charge in [0.05, 0.1) is 6.04 Å². The summed E-state index contributed by atoms with van der Waals surface area (Å²) in [6, 6.07) is 14.4. The van der Waals surface area contributed by atoms with E-state index >= 15 is 0 Å². The third kappa shape index (κ3) is 1.99. The second-order valence-corrected chi connectivity index (χ2v) is 5.74. The minimum atomic E-state index is -0.0886. The fourth-order valence-electron chi connectivity index (χ4n) is 3.40. The van der Waals surface area contributed by atoms with E-state index in [1.165, 1.54) is 16.7 Å². The fourth-order valence-corrected chi connectivity index (χ4v) is 3.40. The molecule has 4 rings (SSSR count). The van der Waals surface area contributed by atoms with Gasteiger partial charge in [0.15, 0.2) is 5.78 Å². The quantitative estimate of drug-likeness (QED) is 0.722. The highest BCUT2D eigenvalue weighted by Crippen LogP contribution is 2.39. The highest BCUT2D eigenvalue weighted by Gasteiger charge is 2.27. The molecule has 1 unspecified atom stereocenters. The molecular formula is C19H17NO. The zero-order chi connectivity index (χ0) is 14.2. The van der Waals surface area contributed by atoms with E-state index in [0.29, 0.717) is 0 Å². The van der Waals surface area contributed by atoms with Gasteiger partial charge in [-0.1, -0.05) is 48.5 Å². The molecule has 2 aliphatic rings. The van der Waals surface area contributed by atoms with E-state index in [-0.39, 0.29) is 11.8 Å². The van der Waals surface area contributed by atoms with Crippen LogP contribution in [-0.4, -0.2) is 11.8 Å². The van der Waals surface area contributed by atoms with Crippen molar-refractivity contribution < 1.29 is 4.79 Å². The van der Waals surface area contributed by atoms with Crippen LogP contribution in [0.2, 0.25) is 0 Å². The average molecular weight is 275 g/mol. The zero-order valence-corrected chi connectivity index (χ0v) is 11.8. The van der Waals surface area contributed by atoms with Crippen LogP contribution in [-0.2, 0) is 6.42 Å². The molecule has 1 heterocycles. The Labute approximate surface area is 124 Å². The lowest BCUT2D eigenvalue weighted by Crippen LogP contribution is -2.35. The lowest BCUT2D eigenvalue weighted by molar-refractivity contribution is 0.0944. The van der Waals surface area contributed by atoms with Crippen molar-refractivity contribution in [1.82, 2.24) is 5.32 Å². The molecule has 1 N–H and O–H groups in total. The molecule has 0 fully saturated rings. The van der Waals surface area contributed by atoms with Crippen LogP contribution in [0.25, 0.3) is 11.1 Å². The summed E-state index contributed by atoms with van der Waals surface area (Å²) in [5, 5.41) is 3.20. The van der Waals surface area contributed by atoms with E-state index in [1.807, 2.05) is 18.3 Å². The number of Topliss-reactive ketones (excluding diaryl/α,β-unsaturated/α-hetero) is 1. The van der Waals surface area contributed by atoms with Crippen molar-refractivity contribution in [2.45, 2.75) is 25.3 Å². The maximum atomic E-state index is 12.9. The fraction of sp³-hybridized carbons (Fsp3) is 0.211. The van der Waals surface area contributed by atoms with Gasteiger partial charge in [-0.25, -0.2) is 0 Å². The number of benzene rings is 2. The minimum Gasteiger partial charge on any atom is -0.381 e. The molecule has 0 saturated carbocycles. The number of hydrogen-bond donors (Lipinski definition) is 1. The van der Waals surface area contributed by atoms with Crippen molar-refractivity contribution in [2.75, 3.05) is 0 Å². The van der Waals surface area contributed by atoms with E-state index in [2.05, 4.69) is 41.7 Å². The summed E-state index contributed by atoms with van der Waals surface area (Å²) in [6.45, 7) is 0. The first kappa shape index (κ1) is 12.4. The third-order valence-electron chi connectivity index (χ3n) is 4.44. The van der Waals surface area contributed by atoms with Gasteiger partial charge in [-0.2, -0.15) is 0 Å². The van der Waals surface area contributed by atoms with Gasteiger partial charge in [0.2, 0.25) is 0 Å². The maximum Gasteiger partial charge on any atom is 0.185 e. The Hall–Kier alpha value is -2.35. The summed E-state index contributed by atoms with van der Waals surface area (Å²) in [7, 11) is 0. The Morgan fingerprint density at radius 1 is 1.05 bits per heavy atom. The Morgan fingerprint density at radius 2 is 1.90 bits per heavy atom. The van der Waals surface area contributed by atoms with Crippen LogP contribution in [0, 0.1) is 0 Å². The van der Waals surface area contributed by atoms with Gasteiger partial charge in [0.1, 0.15) is 0 Å². The van der Waals surface area contributed by atoms with Gasteiger partial charge in [-0.3, -0.25) is 4.79 Å². The monoisotopic (exact) mass is 275 g/mol. The summed E-state index contributed by atoms with van der Waals surface area (Å²) < 4.78 is 0. The smallest absolute Gasteiger partial charge is 0.185 e. The molecule has 1 atom stereocenters. The summed E-state index contributed by atoms with van der Waals surface area (Å²) in [5.41, 5.74) is 5.83. The Morgan fingerprint density at radius 3 is 2.76 bits per heavy atom. The van der Waals surface area contributed by atoms with Crippen LogP contribution in [0.5, 0.6) is 0 Å². The third-order valence-corrected chi connectivity index (χ3v) is 4.44. The average Bonchev–Trinajstić information content (AvgIpc) is 2.93. The van der Waals surface area contributed by atoms with E-state index in [0.717, 1.165) is 30.4 Å². The number of carbonyl (C=O) groups is 1. The Balaban J connectivity index is 1.81. The standard InChI is InChI=1S/C19H17NO/c21-19(17-10-3-4-11-20-17)16-9-5-7-14-12-13-6-1-2-8-15(13)18(14)16/h1-2,4-9,11,17,20H,3,10,12H2. The molecule has 2 aromatic carbocycles. The molecule has 0 saturated heterocycles. The number of ketones is 1. The van der Waals surface area contributed by atoms with Crippen LogP contribution >= 0.6 is 0 Å². The topological polar surface area (TPSA) is 29.1 Å². The van der Waals surface area contributed by atoms with E-state index in [9.17, 15) is 4.79 Å². The highest BCUT2D eigenvalue weighted by molar-refractivity contribution is 6.07. The summed E-state index contributed by atoms with van der Waals surface area (Å²) in [6.07, 6.45) is 6.76.